The van der Waals surface area contributed by atoms with Gasteiger partial charge in [0.05, 0.1) is 5.41 Å². The molecule has 0 aromatic carbocycles. The van der Waals surface area contributed by atoms with Gasteiger partial charge in [-0.3, -0.25) is 4.79 Å². The number of carboxylic acid groups (broad SMARTS) is 1. The van der Waals surface area contributed by atoms with Crippen molar-refractivity contribution in [3.8, 4) is 0 Å². The van der Waals surface area contributed by atoms with Crippen molar-refractivity contribution >= 4 is 39.3 Å². The topological polar surface area (TPSA) is 63.1 Å². The molecular formula is C16H20N2O2S2. The molecule has 4 nitrogen and oxygen atoms in total. The van der Waals surface area contributed by atoms with E-state index < -0.39 is 11.4 Å². The zero-order valence-corrected chi connectivity index (χ0v) is 14.7. The van der Waals surface area contributed by atoms with Crippen LogP contribution in [0.25, 0.3) is 10.2 Å². The molecule has 0 fully saturated rings. The van der Waals surface area contributed by atoms with Gasteiger partial charge in [-0.1, -0.05) is 0 Å². The number of thioether (sulfide) groups is 1. The van der Waals surface area contributed by atoms with E-state index in [0.29, 0.717) is 5.75 Å². The molecule has 0 atom stereocenters. The van der Waals surface area contributed by atoms with Gasteiger partial charge >= 0.3 is 5.97 Å². The van der Waals surface area contributed by atoms with E-state index in [1.807, 2.05) is 6.92 Å². The first kappa shape index (κ1) is 15.7. The molecule has 0 saturated heterocycles. The maximum Gasteiger partial charge on any atom is 0.309 e. The van der Waals surface area contributed by atoms with E-state index in [9.17, 15) is 9.90 Å². The van der Waals surface area contributed by atoms with Crippen LogP contribution >= 0.6 is 23.1 Å². The SMILES string of the molecule is Cc1nc(SCC(C)(C)C(=O)O)c2c3c(sc2n1)CCCC3. The Hall–Kier alpha value is -1.14. The summed E-state index contributed by atoms with van der Waals surface area (Å²) < 4.78 is 0. The van der Waals surface area contributed by atoms with Crippen molar-refractivity contribution in [2.45, 2.75) is 51.5 Å². The van der Waals surface area contributed by atoms with E-state index in [-0.39, 0.29) is 0 Å². The Bertz CT molecular complexity index is 737. The highest BCUT2D eigenvalue weighted by molar-refractivity contribution is 7.99. The average molecular weight is 336 g/mol. The number of carbonyl (C=O) groups is 1. The molecule has 0 spiro atoms. The van der Waals surface area contributed by atoms with Crippen LogP contribution in [0.4, 0.5) is 0 Å². The molecule has 1 aliphatic rings. The van der Waals surface area contributed by atoms with Gasteiger partial charge in [0.1, 0.15) is 15.7 Å². The fraction of sp³-hybridized carbons (Fsp3) is 0.562. The Morgan fingerprint density at radius 3 is 2.77 bits per heavy atom. The van der Waals surface area contributed by atoms with Crippen LogP contribution < -0.4 is 0 Å². The molecule has 1 N–H and O–H groups in total. The summed E-state index contributed by atoms with van der Waals surface area (Å²) in [5, 5.41) is 11.4. The number of nitrogens with zero attached hydrogens (tertiary/aromatic N) is 2. The number of hydrogen-bond acceptors (Lipinski definition) is 5. The van der Waals surface area contributed by atoms with Crippen LogP contribution in [0.2, 0.25) is 0 Å². The summed E-state index contributed by atoms with van der Waals surface area (Å²) in [7, 11) is 0. The minimum atomic E-state index is -0.769. The Labute approximate surface area is 138 Å². The monoisotopic (exact) mass is 336 g/mol. The van der Waals surface area contributed by atoms with Crippen molar-refractivity contribution in [1.82, 2.24) is 9.97 Å². The van der Waals surface area contributed by atoms with Crippen LogP contribution in [0.15, 0.2) is 5.03 Å². The summed E-state index contributed by atoms with van der Waals surface area (Å²) in [5.41, 5.74) is 0.647. The summed E-state index contributed by atoms with van der Waals surface area (Å²) in [4.78, 5) is 23.0. The first-order chi connectivity index (χ1) is 10.4. The predicted octanol–water partition coefficient (Wildman–Crippen LogP) is 4.08. The second-order valence-electron chi connectivity index (χ2n) is 6.44. The van der Waals surface area contributed by atoms with Crippen molar-refractivity contribution in [2.75, 3.05) is 5.75 Å². The maximum atomic E-state index is 11.3. The summed E-state index contributed by atoms with van der Waals surface area (Å²) in [6.07, 6.45) is 4.70. The molecule has 22 heavy (non-hydrogen) atoms. The molecule has 2 heterocycles. The van der Waals surface area contributed by atoms with Gasteiger partial charge in [0.25, 0.3) is 0 Å². The lowest BCUT2D eigenvalue weighted by Crippen LogP contribution is -2.26. The molecular weight excluding hydrogens is 316 g/mol. The van der Waals surface area contributed by atoms with Gasteiger partial charge < -0.3 is 5.11 Å². The minimum Gasteiger partial charge on any atom is -0.481 e. The molecule has 0 saturated carbocycles. The molecule has 118 valence electrons. The highest BCUT2D eigenvalue weighted by Gasteiger charge is 2.29. The predicted molar refractivity (Wildman–Crippen MR) is 90.9 cm³/mol. The van der Waals surface area contributed by atoms with Crippen LogP contribution in [0.1, 0.15) is 43.0 Å². The van der Waals surface area contributed by atoms with Gasteiger partial charge in [0, 0.05) is 16.0 Å². The molecule has 0 amide bonds. The second-order valence-corrected chi connectivity index (χ2v) is 8.49. The Balaban J connectivity index is 2.01. The molecule has 2 aromatic heterocycles. The number of aromatic nitrogens is 2. The van der Waals surface area contributed by atoms with E-state index in [0.717, 1.165) is 28.5 Å². The number of aryl methyl sites for hydroxylation is 3. The van der Waals surface area contributed by atoms with E-state index in [1.54, 1.807) is 36.9 Å². The summed E-state index contributed by atoms with van der Waals surface area (Å²) in [5.74, 6) is 0.509. The number of aliphatic carboxylic acids is 1. The number of thiophene rings is 1. The fourth-order valence-electron chi connectivity index (χ4n) is 2.64. The Morgan fingerprint density at radius 2 is 2.05 bits per heavy atom. The first-order valence-corrected chi connectivity index (χ1v) is 9.34. The van der Waals surface area contributed by atoms with E-state index in [4.69, 9.17) is 0 Å². The average Bonchev–Trinajstić information content (AvgIpc) is 2.82. The molecule has 2 aromatic rings. The lowest BCUT2D eigenvalue weighted by Gasteiger charge is -2.18. The van der Waals surface area contributed by atoms with Crippen LogP contribution in [0, 0.1) is 12.3 Å². The second kappa shape index (κ2) is 5.81. The van der Waals surface area contributed by atoms with Crippen molar-refractivity contribution in [3.63, 3.8) is 0 Å². The highest BCUT2D eigenvalue weighted by Crippen LogP contribution is 2.40. The van der Waals surface area contributed by atoms with Crippen LogP contribution in [0.5, 0.6) is 0 Å². The van der Waals surface area contributed by atoms with E-state index in [1.165, 1.54) is 28.7 Å². The quantitative estimate of drug-likeness (QED) is 0.673. The fourth-order valence-corrected chi connectivity index (χ4v) is 5.19. The van der Waals surface area contributed by atoms with Gasteiger partial charge in [0.15, 0.2) is 0 Å². The number of rotatable bonds is 4. The zero-order valence-electron chi connectivity index (χ0n) is 13.1. The molecule has 6 heteroatoms. The highest BCUT2D eigenvalue weighted by atomic mass is 32.2. The molecule has 0 unspecified atom stereocenters. The first-order valence-electron chi connectivity index (χ1n) is 7.53. The third-order valence-corrected chi connectivity index (χ3v) is 6.66. The van der Waals surface area contributed by atoms with Gasteiger partial charge in [-0.25, -0.2) is 9.97 Å². The molecule has 0 bridgehead atoms. The van der Waals surface area contributed by atoms with E-state index >= 15 is 0 Å². The Kier molecular flexibility index (Phi) is 4.16. The van der Waals surface area contributed by atoms with Gasteiger partial charge in [-0.05, 0) is 52.0 Å². The van der Waals surface area contributed by atoms with Crippen molar-refractivity contribution in [3.05, 3.63) is 16.3 Å². The maximum absolute atomic E-state index is 11.3. The zero-order chi connectivity index (χ0) is 15.9. The van der Waals surface area contributed by atoms with Crippen molar-refractivity contribution in [2.24, 2.45) is 5.41 Å². The van der Waals surface area contributed by atoms with Gasteiger partial charge in [-0.2, -0.15) is 0 Å². The number of carboxylic acids is 1. The summed E-state index contributed by atoms with van der Waals surface area (Å²) in [6, 6.07) is 0. The van der Waals surface area contributed by atoms with Gasteiger partial charge in [0.2, 0.25) is 0 Å². The van der Waals surface area contributed by atoms with Crippen molar-refractivity contribution in [1.29, 1.82) is 0 Å². The third-order valence-electron chi connectivity index (χ3n) is 4.04. The molecule has 1 aliphatic carbocycles. The van der Waals surface area contributed by atoms with Crippen LogP contribution in [0.3, 0.4) is 0 Å². The lowest BCUT2D eigenvalue weighted by molar-refractivity contribution is -0.145. The Morgan fingerprint density at radius 1 is 1.32 bits per heavy atom. The lowest BCUT2D eigenvalue weighted by atomic mass is 9.97. The smallest absolute Gasteiger partial charge is 0.309 e. The largest absolute Gasteiger partial charge is 0.481 e. The molecule has 0 radical (unpaired) electrons. The normalized spacial score (nSPS) is 15.0. The van der Waals surface area contributed by atoms with Crippen molar-refractivity contribution < 1.29 is 9.90 Å². The standard InChI is InChI=1S/C16H20N2O2S2/c1-9-17-13(21-8-16(2,3)15(19)20)12-10-6-4-5-7-11(10)22-14(12)18-9/h4-8H2,1-3H3,(H,19,20). The third kappa shape index (κ3) is 2.86. The summed E-state index contributed by atoms with van der Waals surface area (Å²) >= 11 is 3.34. The van der Waals surface area contributed by atoms with Gasteiger partial charge in [-0.15, -0.1) is 23.1 Å². The summed E-state index contributed by atoms with van der Waals surface area (Å²) in [6.45, 7) is 5.43. The molecule has 0 aliphatic heterocycles. The molecule has 3 rings (SSSR count). The number of fused-ring (bicyclic) bond motifs is 3. The minimum absolute atomic E-state index is 0.512. The van der Waals surface area contributed by atoms with Crippen LogP contribution in [-0.4, -0.2) is 26.8 Å². The van der Waals surface area contributed by atoms with Crippen LogP contribution in [-0.2, 0) is 17.6 Å². The van der Waals surface area contributed by atoms with E-state index in [2.05, 4.69) is 9.97 Å². The number of hydrogen-bond donors (Lipinski definition) is 1.